The average molecular weight is 227 g/mol. The maximum absolute atomic E-state index is 5.60. The Morgan fingerprint density at radius 3 is 2.87 bits per heavy atom. The van der Waals surface area contributed by atoms with Crippen molar-refractivity contribution in [1.29, 1.82) is 0 Å². The minimum absolute atomic E-state index is 0.209. The third-order valence-corrected chi connectivity index (χ3v) is 1.81. The molecule has 3 N–H and O–H groups in total. The van der Waals surface area contributed by atoms with E-state index in [1.807, 2.05) is 14.1 Å². The molecular formula is C7H13N7S. The van der Waals surface area contributed by atoms with E-state index >= 15 is 0 Å². The van der Waals surface area contributed by atoms with Crippen LogP contribution in [0.4, 0.5) is 11.9 Å². The summed E-state index contributed by atoms with van der Waals surface area (Å²) < 4.78 is 1.32. The van der Waals surface area contributed by atoms with Crippen LogP contribution in [0.1, 0.15) is 0 Å². The summed E-state index contributed by atoms with van der Waals surface area (Å²) in [5.41, 5.74) is 5.60. The second-order valence-electron chi connectivity index (χ2n) is 2.95. The fourth-order valence-corrected chi connectivity index (χ4v) is 0.924. The number of hydrogen-bond donors (Lipinski definition) is 2. The van der Waals surface area contributed by atoms with Crippen molar-refractivity contribution >= 4 is 35.6 Å². The van der Waals surface area contributed by atoms with E-state index in [4.69, 9.17) is 18.0 Å². The standard InChI is InChI=1S/C7H13N7S/c1-9-7(15)14-5(8)11-6(12-14)10-4-13(2)3/h4H,1-3H3,(H,9,15)(H2,8,11,12). The van der Waals surface area contributed by atoms with Gasteiger partial charge in [0.05, 0.1) is 6.34 Å². The van der Waals surface area contributed by atoms with Gasteiger partial charge in [-0.3, -0.25) is 0 Å². The van der Waals surface area contributed by atoms with E-state index in [2.05, 4.69) is 20.4 Å². The quantitative estimate of drug-likeness (QED) is 0.400. The van der Waals surface area contributed by atoms with Gasteiger partial charge in [-0.1, -0.05) is 0 Å². The monoisotopic (exact) mass is 227 g/mol. The summed E-state index contributed by atoms with van der Waals surface area (Å²) in [6.45, 7) is 0. The van der Waals surface area contributed by atoms with Gasteiger partial charge in [-0.15, -0.1) is 5.10 Å². The molecule has 0 atom stereocenters. The molecule has 0 spiro atoms. The summed E-state index contributed by atoms with van der Waals surface area (Å²) in [5, 5.41) is 7.14. The predicted octanol–water partition coefficient (Wildman–Crippen LogP) is -0.566. The lowest BCUT2D eigenvalue weighted by Crippen LogP contribution is -2.26. The van der Waals surface area contributed by atoms with Crippen molar-refractivity contribution in [3.63, 3.8) is 0 Å². The number of aliphatic imine (C=N–C) groups is 1. The van der Waals surface area contributed by atoms with Crippen molar-refractivity contribution in [1.82, 2.24) is 25.0 Å². The highest BCUT2D eigenvalue weighted by molar-refractivity contribution is 7.80. The van der Waals surface area contributed by atoms with E-state index < -0.39 is 0 Å². The fraction of sp³-hybridized carbons (Fsp3) is 0.429. The van der Waals surface area contributed by atoms with Gasteiger partial charge >= 0.3 is 0 Å². The zero-order valence-corrected chi connectivity index (χ0v) is 9.62. The number of aromatic nitrogens is 3. The van der Waals surface area contributed by atoms with Crippen LogP contribution in [0.3, 0.4) is 0 Å². The number of hydrogen-bond acceptors (Lipinski definition) is 5. The van der Waals surface area contributed by atoms with Crippen LogP contribution >= 0.6 is 12.2 Å². The van der Waals surface area contributed by atoms with E-state index in [0.717, 1.165) is 0 Å². The maximum Gasteiger partial charge on any atom is 0.272 e. The molecular weight excluding hydrogens is 214 g/mol. The highest BCUT2D eigenvalue weighted by atomic mass is 32.1. The van der Waals surface area contributed by atoms with Crippen LogP contribution in [0.15, 0.2) is 4.99 Å². The smallest absolute Gasteiger partial charge is 0.272 e. The molecule has 0 unspecified atom stereocenters. The Morgan fingerprint density at radius 1 is 1.67 bits per heavy atom. The lowest BCUT2D eigenvalue weighted by molar-refractivity contribution is 0.642. The summed E-state index contributed by atoms with van der Waals surface area (Å²) in [6, 6.07) is 0. The molecule has 0 aliphatic rings. The summed E-state index contributed by atoms with van der Waals surface area (Å²) in [6.07, 6.45) is 1.58. The van der Waals surface area contributed by atoms with Gasteiger partial charge in [-0.25, -0.2) is 4.99 Å². The van der Waals surface area contributed by atoms with Crippen molar-refractivity contribution in [2.75, 3.05) is 26.9 Å². The molecule has 0 fully saturated rings. The molecule has 0 aromatic carbocycles. The predicted molar refractivity (Wildman–Crippen MR) is 63.3 cm³/mol. The minimum Gasteiger partial charge on any atom is -0.369 e. The largest absolute Gasteiger partial charge is 0.369 e. The number of rotatable bonds is 2. The Kier molecular flexibility index (Phi) is 3.56. The van der Waals surface area contributed by atoms with Crippen molar-refractivity contribution in [3.05, 3.63) is 0 Å². The van der Waals surface area contributed by atoms with Gasteiger partial charge in [0.25, 0.3) is 5.95 Å². The molecule has 1 rings (SSSR count). The van der Waals surface area contributed by atoms with Crippen LogP contribution in [0.5, 0.6) is 0 Å². The van der Waals surface area contributed by atoms with E-state index in [1.165, 1.54) is 4.68 Å². The molecule has 0 aliphatic heterocycles. The summed E-state index contributed by atoms with van der Waals surface area (Å²) in [4.78, 5) is 9.69. The molecule has 7 nitrogen and oxygen atoms in total. The zero-order chi connectivity index (χ0) is 11.4. The zero-order valence-electron chi connectivity index (χ0n) is 8.80. The van der Waals surface area contributed by atoms with Gasteiger partial charge in [0.15, 0.2) is 5.11 Å². The van der Waals surface area contributed by atoms with E-state index in [-0.39, 0.29) is 11.9 Å². The number of anilines is 1. The summed E-state index contributed by atoms with van der Waals surface area (Å²) in [7, 11) is 5.39. The molecule has 0 saturated heterocycles. The molecule has 0 amide bonds. The number of nitrogens with zero attached hydrogens (tertiary/aromatic N) is 5. The van der Waals surface area contributed by atoms with Crippen LogP contribution in [0.2, 0.25) is 0 Å². The lowest BCUT2D eigenvalue weighted by Gasteiger charge is -2.01. The number of thiocarbonyl (C=S) groups is 1. The average Bonchev–Trinajstić information content (AvgIpc) is 2.55. The van der Waals surface area contributed by atoms with Gasteiger partial charge in [-0.2, -0.15) is 9.67 Å². The molecule has 1 aromatic rings. The summed E-state index contributed by atoms with van der Waals surface area (Å²) >= 11 is 4.97. The summed E-state index contributed by atoms with van der Waals surface area (Å²) in [5.74, 6) is 0.485. The Morgan fingerprint density at radius 2 is 2.33 bits per heavy atom. The van der Waals surface area contributed by atoms with Crippen LogP contribution in [0.25, 0.3) is 0 Å². The minimum atomic E-state index is 0.209. The van der Waals surface area contributed by atoms with Gasteiger partial charge < -0.3 is 16.0 Å². The molecule has 1 aromatic heterocycles. The van der Waals surface area contributed by atoms with Crippen molar-refractivity contribution in [3.8, 4) is 0 Å². The van der Waals surface area contributed by atoms with Crippen LogP contribution in [-0.4, -0.2) is 52.3 Å². The van der Waals surface area contributed by atoms with Crippen LogP contribution in [0, 0.1) is 0 Å². The number of nitrogens with two attached hydrogens (primary N) is 1. The number of nitrogen functional groups attached to an aromatic ring is 1. The first-order valence-electron chi connectivity index (χ1n) is 4.20. The Bertz CT molecular complexity index is 381. The topological polar surface area (TPSA) is 84.4 Å². The van der Waals surface area contributed by atoms with Gasteiger partial charge in [-0.05, 0) is 12.2 Å². The Labute approximate surface area is 93.0 Å². The third-order valence-electron chi connectivity index (χ3n) is 1.43. The van der Waals surface area contributed by atoms with Gasteiger partial charge in [0.1, 0.15) is 0 Å². The highest BCUT2D eigenvalue weighted by Gasteiger charge is 2.08. The molecule has 0 saturated carbocycles. The van der Waals surface area contributed by atoms with E-state index in [0.29, 0.717) is 5.11 Å². The molecule has 0 bridgehead atoms. The molecule has 15 heavy (non-hydrogen) atoms. The third kappa shape index (κ3) is 2.88. The first-order chi connectivity index (χ1) is 7.04. The molecule has 1 heterocycles. The molecule has 0 radical (unpaired) electrons. The first-order valence-corrected chi connectivity index (χ1v) is 4.60. The van der Waals surface area contributed by atoms with Crippen LogP contribution < -0.4 is 11.1 Å². The SMILES string of the molecule is CNC(=S)n1nc(N=CN(C)C)nc1N. The molecule has 8 heteroatoms. The number of nitrogens with one attached hydrogen (secondary N) is 1. The van der Waals surface area contributed by atoms with Gasteiger partial charge in [0, 0.05) is 21.1 Å². The Hall–Kier alpha value is -1.70. The Balaban J connectivity index is 2.91. The van der Waals surface area contributed by atoms with Crippen molar-refractivity contribution < 1.29 is 0 Å². The second kappa shape index (κ2) is 4.69. The molecule has 82 valence electrons. The van der Waals surface area contributed by atoms with E-state index in [1.54, 1.807) is 18.3 Å². The highest BCUT2D eigenvalue weighted by Crippen LogP contribution is 2.07. The second-order valence-corrected chi connectivity index (χ2v) is 3.33. The lowest BCUT2D eigenvalue weighted by atomic mass is 10.9. The fourth-order valence-electron chi connectivity index (χ4n) is 0.790. The van der Waals surface area contributed by atoms with Gasteiger partial charge in [0.2, 0.25) is 5.95 Å². The molecule has 0 aliphatic carbocycles. The normalized spacial score (nSPS) is 10.6. The van der Waals surface area contributed by atoms with E-state index in [9.17, 15) is 0 Å². The van der Waals surface area contributed by atoms with Crippen LogP contribution in [-0.2, 0) is 0 Å². The van der Waals surface area contributed by atoms with Crippen molar-refractivity contribution in [2.45, 2.75) is 0 Å². The first kappa shape index (κ1) is 11.4. The maximum atomic E-state index is 5.60. The van der Waals surface area contributed by atoms with Crippen molar-refractivity contribution in [2.24, 2.45) is 4.99 Å².